The largest absolute Gasteiger partial charge is 0.494 e. The molecule has 4 nitrogen and oxygen atoms in total. The number of nitrogen functional groups attached to an aromatic ring is 1. The predicted octanol–water partition coefficient (Wildman–Crippen LogP) is 0.438. The summed E-state index contributed by atoms with van der Waals surface area (Å²) in [4.78, 5) is 10.9. The van der Waals surface area contributed by atoms with E-state index in [2.05, 4.69) is 4.74 Å². The van der Waals surface area contributed by atoms with Crippen LogP contribution in [0, 0.1) is 5.82 Å². The Kier molecular flexibility index (Phi) is 2.81. The molecule has 5 heteroatoms. The number of carbonyl (C=O) groups is 1. The highest BCUT2D eigenvalue weighted by Crippen LogP contribution is 2.17. The fraction of sp³-hybridized carbons (Fsp3) is 0.125. The summed E-state index contributed by atoms with van der Waals surface area (Å²) in [5, 5.41) is 0. The van der Waals surface area contributed by atoms with E-state index in [4.69, 9.17) is 5.84 Å². The van der Waals surface area contributed by atoms with Crippen LogP contribution in [0.4, 0.5) is 4.39 Å². The van der Waals surface area contributed by atoms with Crippen LogP contribution in [0.5, 0.6) is 5.75 Å². The topological polar surface area (TPSA) is 64.3 Å². The molecule has 1 amide bonds. The van der Waals surface area contributed by atoms with Crippen LogP contribution in [0.15, 0.2) is 18.2 Å². The van der Waals surface area contributed by atoms with Crippen molar-refractivity contribution >= 4 is 5.91 Å². The molecule has 3 N–H and O–H groups in total. The standard InChI is InChI=1S/C8H9FN2O2/c1-13-7-3-2-5(4-6(7)9)8(12)11-10/h2-4H,10H2,1H3,(H,11,12). The van der Waals surface area contributed by atoms with Gasteiger partial charge < -0.3 is 4.74 Å². The number of hydrazine groups is 1. The summed E-state index contributed by atoms with van der Waals surface area (Å²) < 4.78 is 17.7. The molecule has 0 saturated carbocycles. The fourth-order valence-electron chi connectivity index (χ4n) is 0.891. The Morgan fingerprint density at radius 3 is 2.77 bits per heavy atom. The number of nitrogens with two attached hydrogens (primary N) is 1. The van der Waals surface area contributed by atoms with Crippen LogP contribution in [-0.2, 0) is 0 Å². The normalized spacial score (nSPS) is 9.46. The van der Waals surface area contributed by atoms with E-state index < -0.39 is 11.7 Å². The summed E-state index contributed by atoms with van der Waals surface area (Å²) >= 11 is 0. The number of nitrogens with one attached hydrogen (secondary N) is 1. The average molecular weight is 184 g/mol. The van der Waals surface area contributed by atoms with E-state index in [0.717, 1.165) is 6.07 Å². The zero-order valence-electron chi connectivity index (χ0n) is 7.00. The van der Waals surface area contributed by atoms with Crippen LogP contribution < -0.4 is 16.0 Å². The van der Waals surface area contributed by atoms with Crippen LogP contribution in [0.25, 0.3) is 0 Å². The molecule has 1 rings (SSSR count). The van der Waals surface area contributed by atoms with Crippen LogP contribution in [0.2, 0.25) is 0 Å². The van der Waals surface area contributed by atoms with E-state index in [1.807, 2.05) is 5.43 Å². The molecule has 0 spiro atoms. The van der Waals surface area contributed by atoms with Gasteiger partial charge in [-0.1, -0.05) is 0 Å². The molecule has 0 aromatic heterocycles. The smallest absolute Gasteiger partial charge is 0.265 e. The van der Waals surface area contributed by atoms with E-state index in [1.54, 1.807) is 0 Å². The molecule has 0 heterocycles. The van der Waals surface area contributed by atoms with Crippen molar-refractivity contribution in [2.45, 2.75) is 0 Å². The quantitative estimate of drug-likeness (QED) is 0.398. The Balaban J connectivity index is 3.02. The first kappa shape index (κ1) is 9.47. The van der Waals surface area contributed by atoms with E-state index >= 15 is 0 Å². The van der Waals surface area contributed by atoms with Crippen LogP contribution >= 0.6 is 0 Å². The maximum absolute atomic E-state index is 13.0. The fourth-order valence-corrected chi connectivity index (χ4v) is 0.891. The van der Waals surface area contributed by atoms with Crippen molar-refractivity contribution in [1.82, 2.24) is 5.43 Å². The van der Waals surface area contributed by atoms with E-state index in [1.165, 1.54) is 19.2 Å². The Hall–Kier alpha value is -1.62. The molecule has 0 fully saturated rings. The number of ether oxygens (including phenoxy) is 1. The highest BCUT2D eigenvalue weighted by Gasteiger charge is 2.07. The highest BCUT2D eigenvalue weighted by atomic mass is 19.1. The second-order valence-electron chi connectivity index (χ2n) is 2.32. The van der Waals surface area contributed by atoms with Crippen molar-refractivity contribution in [2.75, 3.05) is 7.11 Å². The minimum absolute atomic E-state index is 0.0913. The number of hydrogen-bond donors (Lipinski definition) is 2. The molecule has 0 atom stereocenters. The maximum atomic E-state index is 13.0. The minimum Gasteiger partial charge on any atom is -0.494 e. The number of benzene rings is 1. The van der Waals surface area contributed by atoms with Gasteiger partial charge >= 0.3 is 0 Å². The van der Waals surface area contributed by atoms with Crippen molar-refractivity contribution in [3.8, 4) is 5.75 Å². The number of amides is 1. The van der Waals surface area contributed by atoms with Crippen LogP contribution in [0.1, 0.15) is 10.4 Å². The van der Waals surface area contributed by atoms with E-state index in [-0.39, 0.29) is 11.3 Å². The van der Waals surface area contributed by atoms with Gasteiger partial charge in [0.25, 0.3) is 5.91 Å². The number of hydrogen-bond acceptors (Lipinski definition) is 3. The molecular formula is C8H9FN2O2. The van der Waals surface area contributed by atoms with Crippen molar-refractivity contribution in [2.24, 2.45) is 5.84 Å². The second kappa shape index (κ2) is 3.86. The third-order valence-corrected chi connectivity index (χ3v) is 1.55. The van der Waals surface area contributed by atoms with Crippen LogP contribution in [0.3, 0.4) is 0 Å². The molecular weight excluding hydrogens is 175 g/mol. The number of rotatable bonds is 2. The van der Waals surface area contributed by atoms with Gasteiger partial charge in [0.15, 0.2) is 11.6 Å². The van der Waals surface area contributed by atoms with Crippen LogP contribution in [-0.4, -0.2) is 13.0 Å². The SMILES string of the molecule is COc1ccc(C(=O)NN)cc1F. The third-order valence-electron chi connectivity index (χ3n) is 1.55. The second-order valence-corrected chi connectivity index (χ2v) is 2.32. The predicted molar refractivity (Wildman–Crippen MR) is 44.6 cm³/mol. The van der Waals surface area contributed by atoms with Crippen molar-refractivity contribution in [3.63, 3.8) is 0 Å². The number of methoxy groups -OCH3 is 1. The first-order chi connectivity index (χ1) is 6.19. The lowest BCUT2D eigenvalue weighted by Gasteiger charge is -2.03. The molecule has 0 saturated heterocycles. The molecule has 0 unspecified atom stereocenters. The highest BCUT2D eigenvalue weighted by molar-refractivity contribution is 5.93. The van der Waals surface area contributed by atoms with Gasteiger partial charge in [-0.2, -0.15) is 0 Å². The summed E-state index contributed by atoms with van der Waals surface area (Å²) in [5.41, 5.74) is 2.05. The Morgan fingerprint density at radius 2 is 2.31 bits per heavy atom. The van der Waals surface area contributed by atoms with Crippen molar-refractivity contribution in [3.05, 3.63) is 29.6 Å². The summed E-state index contributed by atoms with van der Waals surface area (Å²) in [6, 6.07) is 3.84. The lowest BCUT2D eigenvalue weighted by atomic mass is 10.2. The van der Waals surface area contributed by atoms with Gasteiger partial charge in [0.2, 0.25) is 0 Å². The monoisotopic (exact) mass is 184 g/mol. The molecule has 0 aliphatic rings. The van der Waals surface area contributed by atoms with Crippen molar-refractivity contribution in [1.29, 1.82) is 0 Å². The average Bonchev–Trinajstić information content (AvgIpc) is 2.16. The van der Waals surface area contributed by atoms with E-state index in [0.29, 0.717) is 0 Å². The number of halogens is 1. The Morgan fingerprint density at radius 1 is 1.62 bits per heavy atom. The molecule has 1 aromatic carbocycles. The molecule has 0 aliphatic heterocycles. The lowest BCUT2D eigenvalue weighted by Crippen LogP contribution is -2.30. The first-order valence-corrected chi connectivity index (χ1v) is 3.53. The molecule has 0 bridgehead atoms. The minimum atomic E-state index is -0.594. The summed E-state index contributed by atoms with van der Waals surface area (Å²) in [5.74, 6) is 3.83. The van der Waals surface area contributed by atoms with Gasteiger partial charge in [-0.05, 0) is 18.2 Å². The third kappa shape index (κ3) is 1.94. The van der Waals surface area contributed by atoms with Gasteiger partial charge in [0.05, 0.1) is 7.11 Å². The van der Waals surface area contributed by atoms with Gasteiger partial charge in [-0.15, -0.1) is 0 Å². The van der Waals surface area contributed by atoms with Gasteiger partial charge in [-0.25, -0.2) is 10.2 Å². The summed E-state index contributed by atoms with van der Waals surface area (Å²) in [7, 11) is 1.35. The van der Waals surface area contributed by atoms with E-state index in [9.17, 15) is 9.18 Å². The van der Waals surface area contributed by atoms with Gasteiger partial charge in [-0.3, -0.25) is 10.2 Å². The van der Waals surface area contributed by atoms with Crippen molar-refractivity contribution < 1.29 is 13.9 Å². The Bertz CT molecular complexity index is 328. The molecule has 0 radical (unpaired) electrons. The zero-order chi connectivity index (χ0) is 9.84. The summed E-state index contributed by atoms with van der Waals surface area (Å²) in [6.07, 6.45) is 0. The lowest BCUT2D eigenvalue weighted by molar-refractivity contribution is 0.0953. The zero-order valence-corrected chi connectivity index (χ0v) is 7.00. The molecule has 70 valence electrons. The summed E-state index contributed by atoms with van der Waals surface area (Å²) in [6.45, 7) is 0. The maximum Gasteiger partial charge on any atom is 0.265 e. The Labute approximate surface area is 74.5 Å². The number of carbonyl (C=O) groups excluding carboxylic acids is 1. The van der Waals surface area contributed by atoms with Gasteiger partial charge in [0, 0.05) is 5.56 Å². The molecule has 0 aliphatic carbocycles. The first-order valence-electron chi connectivity index (χ1n) is 3.53. The van der Waals surface area contributed by atoms with Gasteiger partial charge in [0.1, 0.15) is 0 Å². The molecule has 1 aromatic rings. The molecule has 13 heavy (non-hydrogen) atoms.